The molecule has 0 aromatic carbocycles. The van der Waals surface area contributed by atoms with Gasteiger partial charge < -0.3 is 25.2 Å². The zero-order valence-corrected chi connectivity index (χ0v) is 26.5. The smallest absolute Gasteiger partial charge is 0.407 e. The predicted molar refractivity (Wildman–Crippen MR) is 160 cm³/mol. The van der Waals surface area contributed by atoms with Crippen LogP contribution in [0.4, 0.5) is 4.79 Å². The summed E-state index contributed by atoms with van der Waals surface area (Å²) in [6.07, 6.45) is 12.7. The molecule has 0 spiro atoms. The van der Waals surface area contributed by atoms with Crippen LogP contribution in [0.25, 0.3) is 0 Å². The van der Waals surface area contributed by atoms with Gasteiger partial charge in [0.2, 0.25) is 0 Å². The first-order valence-corrected chi connectivity index (χ1v) is 16.5. The van der Waals surface area contributed by atoms with Crippen LogP contribution in [-0.2, 0) is 9.47 Å². The summed E-state index contributed by atoms with van der Waals surface area (Å²) < 4.78 is 12.2. The molecule has 1 amide bonds. The van der Waals surface area contributed by atoms with Crippen molar-refractivity contribution >= 4 is 6.09 Å². The highest BCUT2D eigenvalue weighted by molar-refractivity contribution is 5.67. The van der Waals surface area contributed by atoms with Crippen molar-refractivity contribution in [3.63, 3.8) is 0 Å². The van der Waals surface area contributed by atoms with Gasteiger partial charge in [-0.05, 0) is 131 Å². The maximum absolute atomic E-state index is 12.0. The van der Waals surface area contributed by atoms with E-state index in [0.29, 0.717) is 41.4 Å². The van der Waals surface area contributed by atoms with E-state index < -0.39 is 5.60 Å². The van der Waals surface area contributed by atoms with Crippen molar-refractivity contribution in [2.45, 2.75) is 130 Å². The third-order valence-electron chi connectivity index (χ3n) is 12.3. The van der Waals surface area contributed by atoms with Crippen LogP contribution < -0.4 is 10.6 Å². The second kappa shape index (κ2) is 11.4. The summed E-state index contributed by atoms with van der Waals surface area (Å²) in [6, 6.07) is 0.594. The van der Waals surface area contributed by atoms with E-state index in [0.717, 1.165) is 43.1 Å². The van der Waals surface area contributed by atoms with Gasteiger partial charge in [-0.1, -0.05) is 20.8 Å². The van der Waals surface area contributed by atoms with Gasteiger partial charge in [-0.3, -0.25) is 0 Å². The number of allylic oxidation sites excluding steroid dienone is 1. The zero-order valence-electron chi connectivity index (χ0n) is 26.5. The third-order valence-corrected chi connectivity index (χ3v) is 12.3. The molecule has 4 aliphatic carbocycles. The Morgan fingerprint density at radius 1 is 1.10 bits per heavy atom. The summed E-state index contributed by atoms with van der Waals surface area (Å²) in [5.41, 5.74) is 1.91. The molecule has 0 saturated heterocycles. The van der Waals surface area contributed by atoms with E-state index in [1.165, 1.54) is 62.7 Å². The molecule has 3 N–H and O–H groups in total. The summed E-state index contributed by atoms with van der Waals surface area (Å²) >= 11 is 0. The number of carbonyl (C=O) groups excluding carboxylic acids is 1. The van der Waals surface area contributed by atoms with Crippen LogP contribution in [0.3, 0.4) is 0 Å². The third kappa shape index (κ3) is 5.70. The number of hydrogen-bond acceptors (Lipinski definition) is 5. The minimum atomic E-state index is -0.466. The summed E-state index contributed by atoms with van der Waals surface area (Å²) in [4.78, 5) is 12.0. The van der Waals surface area contributed by atoms with Gasteiger partial charge in [0.1, 0.15) is 11.7 Å². The molecule has 0 bridgehead atoms. The first kappa shape index (κ1) is 30.2. The molecule has 228 valence electrons. The Balaban J connectivity index is 1.19. The number of carbonyl (C=O) groups is 1. The van der Waals surface area contributed by atoms with Gasteiger partial charge in [-0.15, -0.1) is 0 Å². The van der Waals surface area contributed by atoms with Crippen molar-refractivity contribution in [2.75, 3.05) is 19.7 Å². The lowest BCUT2D eigenvalue weighted by molar-refractivity contribution is -0.112. The summed E-state index contributed by atoms with van der Waals surface area (Å²) in [6.45, 7) is 17.1. The van der Waals surface area contributed by atoms with Crippen molar-refractivity contribution in [1.29, 1.82) is 0 Å². The monoisotopic (exact) mass is 558 g/mol. The molecular formula is C34H58N2O4. The Morgan fingerprint density at radius 3 is 2.58 bits per heavy atom. The molecule has 0 aromatic heterocycles. The Labute approximate surface area is 243 Å². The van der Waals surface area contributed by atoms with E-state index in [-0.39, 0.29) is 12.7 Å². The van der Waals surface area contributed by atoms with Crippen LogP contribution in [-0.4, -0.2) is 48.6 Å². The molecule has 10 atom stereocenters. The molecule has 1 aliphatic heterocycles. The molecule has 5 aliphatic rings. The molecule has 2 unspecified atom stereocenters. The number of nitrogens with one attached hydrogen (secondary N) is 2. The number of aliphatic hydroxyl groups is 1. The lowest BCUT2D eigenvalue weighted by atomic mass is 9.44. The Hall–Kier alpha value is -1.27. The molecule has 5 rings (SSSR count). The molecule has 1 heterocycles. The van der Waals surface area contributed by atoms with Crippen LogP contribution in [0.5, 0.6) is 0 Å². The number of hydrogen-bond donors (Lipinski definition) is 3. The van der Waals surface area contributed by atoms with Gasteiger partial charge in [-0.25, -0.2) is 4.79 Å². The van der Waals surface area contributed by atoms with Crippen molar-refractivity contribution < 1.29 is 19.4 Å². The minimum absolute atomic E-state index is 0.244. The van der Waals surface area contributed by atoms with E-state index in [1.54, 1.807) is 0 Å². The summed E-state index contributed by atoms with van der Waals surface area (Å²) in [7, 11) is 0. The Bertz CT molecular complexity index is 958. The second-order valence-electron chi connectivity index (χ2n) is 15.9. The standard InChI is InChI=1S/C34H58N2O4/c1-21(20-36-31(38)40-32(3,4)5)8-11-28-22(2)30-29(39-28)19-27-25-10-9-23-18-24(35-16-17-37)12-14-33(23,6)26(25)13-15-34(27,30)7/h21,23-27,29-30,35,37H,8-20H2,1-7H3,(H,36,38)/t21-,23-,24?,25+,26-,27-,29-,30?,33-,34-/m0/s1. The van der Waals surface area contributed by atoms with Crippen molar-refractivity contribution in [1.82, 2.24) is 10.6 Å². The highest BCUT2D eigenvalue weighted by Crippen LogP contribution is 2.69. The Kier molecular flexibility index (Phi) is 8.63. The molecule has 0 aromatic rings. The number of fused-ring (bicyclic) bond motifs is 7. The lowest BCUT2D eigenvalue weighted by Gasteiger charge is -2.61. The van der Waals surface area contributed by atoms with Gasteiger partial charge in [0.25, 0.3) is 0 Å². The van der Waals surface area contributed by atoms with Crippen LogP contribution in [0.15, 0.2) is 11.3 Å². The molecule has 6 nitrogen and oxygen atoms in total. The number of ether oxygens (including phenoxy) is 2. The fourth-order valence-corrected chi connectivity index (χ4v) is 10.3. The van der Waals surface area contributed by atoms with Crippen LogP contribution in [0.2, 0.25) is 0 Å². The fourth-order valence-electron chi connectivity index (χ4n) is 10.3. The number of amides is 1. The van der Waals surface area contributed by atoms with Crippen LogP contribution >= 0.6 is 0 Å². The van der Waals surface area contributed by atoms with E-state index in [1.807, 2.05) is 20.8 Å². The lowest BCUT2D eigenvalue weighted by Crippen LogP contribution is -2.55. The van der Waals surface area contributed by atoms with E-state index in [2.05, 4.69) is 38.3 Å². The van der Waals surface area contributed by atoms with Crippen LogP contribution in [0.1, 0.15) is 113 Å². The molecule has 0 radical (unpaired) electrons. The van der Waals surface area contributed by atoms with Gasteiger partial charge in [0, 0.05) is 31.5 Å². The van der Waals surface area contributed by atoms with Crippen molar-refractivity contribution in [3.05, 3.63) is 11.3 Å². The minimum Gasteiger partial charge on any atom is -0.494 e. The highest BCUT2D eigenvalue weighted by atomic mass is 16.6. The van der Waals surface area contributed by atoms with Crippen molar-refractivity contribution in [2.24, 2.45) is 46.3 Å². The van der Waals surface area contributed by atoms with Gasteiger partial charge in [-0.2, -0.15) is 0 Å². The normalized spacial score (nSPS) is 41.4. The number of alkyl carbamates (subject to hydrolysis) is 1. The van der Waals surface area contributed by atoms with Gasteiger partial charge in [0.15, 0.2) is 0 Å². The van der Waals surface area contributed by atoms with Gasteiger partial charge >= 0.3 is 6.09 Å². The predicted octanol–water partition coefficient (Wildman–Crippen LogP) is 6.82. The first-order chi connectivity index (χ1) is 18.9. The maximum Gasteiger partial charge on any atom is 0.407 e. The first-order valence-electron chi connectivity index (χ1n) is 16.5. The highest BCUT2D eigenvalue weighted by Gasteiger charge is 2.64. The summed E-state index contributed by atoms with van der Waals surface area (Å²) in [5.74, 6) is 5.53. The maximum atomic E-state index is 12.0. The van der Waals surface area contributed by atoms with E-state index in [9.17, 15) is 9.90 Å². The molecule has 4 saturated carbocycles. The Morgan fingerprint density at radius 2 is 1.85 bits per heavy atom. The zero-order chi connectivity index (χ0) is 28.9. The molecule has 6 heteroatoms. The quantitative estimate of drug-likeness (QED) is 0.305. The van der Waals surface area contributed by atoms with Crippen LogP contribution in [0, 0.1) is 46.3 Å². The van der Waals surface area contributed by atoms with Crippen molar-refractivity contribution in [3.8, 4) is 0 Å². The van der Waals surface area contributed by atoms with E-state index >= 15 is 0 Å². The van der Waals surface area contributed by atoms with Gasteiger partial charge in [0.05, 0.1) is 12.4 Å². The SMILES string of the molecule is CC1=C(CC[C@H](C)CNC(=O)OC(C)(C)C)O[C@H]2C[C@H]3[C@@H]4CC[C@H]5CC(NCCO)CC[C@]5(C)[C@H]4CC[C@]3(C)C12. The average Bonchev–Trinajstić information content (AvgIpc) is 3.36. The number of aliphatic hydroxyl groups excluding tert-OH is 1. The van der Waals surface area contributed by atoms with E-state index in [4.69, 9.17) is 9.47 Å². The topological polar surface area (TPSA) is 79.8 Å². The molecule has 4 fully saturated rings. The summed E-state index contributed by atoms with van der Waals surface area (Å²) in [5, 5.41) is 15.8. The molecular weight excluding hydrogens is 500 g/mol. The second-order valence-corrected chi connectivity index (χ2v) is 15.9. The molecule has 40 heavy (non-hydrogen) atoms. The average molecular weight is 559 g/mol. The fraction of sp³-hybridized carbons (Fsp3) is 0.912. The number of rotatable bonds is 8. The largest absolute Gasteiger partial charge is 0.494 e.